The van der Waals surface area contributed by atoms with Crippen LogP contribution in [0.3, 0.4) is 0 Å². The molecule has 102 valence electrons. The molecule has 1 aromatic carbocycles. The summed E-state index contributed by atoms with van der Waals surface area (Å²) in [6, 6.07) is 5.87. The summed E-state index contributed by atoms with van der Waals surface area (Å²) in [7, 11) is 1.59. The van der Waals surface area contributed by atoms with Gasteiger partial charge in [-0.2, -0.15) is 4.98 Å². The Morgan fingerprint density at radius 1 is 1.53 bits per heavy atom. The van der Waals surface area contributed by atoms with Crippen molar-refractivity contribution in [1.82, 2.24) is 10.1 Å². The summed E-state index contributed by atoms with van der Waals surface area (Å²) in [5, 5.41) is 3.94. The van der Waals surface area contributed by atoms with E-state index in [1.807, 2.05) is 18.2 Å². The molecular weight excluding hydrogens is 425 g/mol. The molecule has 0 aliphatic heterocycles. The lowest BCUT2D eigenvalue weighted by atomic mass is 10.1. The highest BCUT2D eigenvalue weighted by Gasteiger charge is 2.28. The van der Waals surface area contributed by atoms with Crippen LogP contribution in [0.5, 0.6) is 0 Å². The van der Waals surface area contributed by atoms with Crippen molar-refractivity contribution >= 4 is 38.5 Å². The fraction of sp³-hybridized carbons (Fsp3) is 0.333. The van der Waals surface area contributed by atoms with Crippen LogP contribution in [-0.2, 0) is 10.3 Å². The fourth-order valence-corrected chi connectivity index (χ4v) is 2.52. The summed E-state index contributed by atoms with van der Waals surface area (Å²) in [4.78, 5) is 4.36. The second kappa shape index (κ2) is 5.86. The average molecular weight is 438 g/mol. The molecule has 1 atom stereocenters. The Balaban J connectivity index is 2.38. The maximum Gasteiger partial charge on any atom is 0.259 e. The van der Waals surface area contributed by atoms with E-state index in [0.29, 0.717) is 18.3 Å². The first-order chi connectivity index (χ1) is 8.94. The molecule has 1 heterocycles. The monoisotopic (exact) mass is 437 g/mol. The van der Waals surface area contributed by atoms with Gasteiger partial charge in [-0.05, 0) is 47.7 Å². The minimum absolute atomic E-state index is 0.321. The van der Waals surface area contributed by atoms with Crippen LogP contribution >= 0.6 is 38.5 Å². The summed E-state index contributed by atoms with van der Waals surface area (Å²) in [5.74, 6) is 0.883. The molecule has 0 amide bonds. The number of benzene rings is 1. The fourth-order valence-electron chi connectivity index (χ4n) is 1.59. The Bertz CT molecular complexity index is 586. The molecule has 2 N–H and O–H groups in total. The van der Waals surface area contributed by atoms with Crippen molar-refractivity contribution in [2.75, 3.05) is 13.7 Å². The Morgan fingerprint density at radius 2 is 2.26 bits per heavy atom. The lowest BCUT2D eigenvalue weighted by molar-refractivity contribution is 0.135. The van der Waals surface area contributed by atoms with Gasteiger partial charge < -0.3 is 15.0 Å². The molecule has 5 nitrogen and oxygen atoms in total. The van der Waals surface area contributed by atoms with Gasteiger partial charge in [0.1, 0.15) is 5.54 Å². The third kappa shape index (κ3) is 3.33. The van der Waals surface area contributed by atoms with E-state index in [4.69, 9.17) is 15.0 Å². The van der Waals surface area contributed by atoms with E-state index in [1.54, 1.807) is 14.0 Å². The Morgan fingerprint density at radius 3 is 2.95 bits per heavy atom. The minimum Gasteiger partial charge on any atom is -0.382 e. The number of methoxy groups -OCH3 is 1. The quantitative estimate of drug-likeness (QED) is 0.744. The Kier molecular flexibility index (Phi) is 4.59. The van der Waals surface area contributed by atoms with Gasteiger partial charge in [0.25, 0.3) is 5.89 Å². The smallest absolute Gasteiger partial charge is 0.259 e. The summed E-state index contributed by atoms with van der Waals surface area (Å²) in [6.07, 6.45) is 0. The molecule has 1 aromatic heterocycles. The van der Waals surface area contributed by atoms with Gasteiger partial charge in [-0.3, -0.25) is 0 Å². The first-order valence-corrected chi connectivity index (χ1v) is 7.38. The maximum atomic E-state index is 6.09. The molecule has 0 saturated carbocycles. The predicted molar refractivity (Wildman–Crippen MR) is 83.6 cm³/mol. The van der Waals surface area contributed by atoms with Crippen molar-refractivity contribution < 1.29 is 9.26 Å². The van der Waals surface area contributed by atoms with Gasteiger partial charge in [-0.1, -0.05) is 21.1 Å². The van der Waals surface area contributed by atoms with E-state index in [1.165, 1.54) is 0 Å². The van der Waals surface area contributed by atoms with Gasteiger partial charge in [-0.25, -0.2) is 0 Å². The lowest BCUT2D eigenvalue weighted by Crippen LogP contribution is -2.38. The molecule has 0 spiro atoms. The minimum atomic E-state index is -0.770. The van der Waals surface area contributed by atoms with E-state index < -0.39 is 5.54 Å². The molecule has 0 fully saturated rings. The van der Waals surface area contributed by atoms with Crippen molar-refractivity contribution in [2.45, 2.75) is 12.5 Å². The number of rotatable bonds is 4. The molecular formula is C12H13BrIN3O2. The molecule has 1 unspecified atom stereocenters. The molecule has 19 heavy (non-hydrogen) atoms. The second-order valence-corrected chi connectivity index (χ2v) is 6.48. The Labute approximate surface area is 133 Å². The number of halogens is 2. The summed E-state index contributed by atoms with van der Waals surface area (Å²) in [5.41, 5.74) is 6.19. The number of aromatic nitrogens is 2. The number of nitrogens with two attached hydrogens (primary N) is 1. The standard InChI is InChI=1S/C12H13BrIN3O2/c1-12(15,6-18-2)11-16-10(19-17-11)8-5-7(13)3-4-9(8)14/h3-5H,6,15H2,1-2H3. The molecule has 0 saturated heterocycles. The molecule has 7 heteroatoms. The van der Waals surface area contributed by atoms with E-state index in [2.05, 4.69) is 48.7 Å². The van der Waals surface area contributed by atoms with Crippen LogP contribution in [0.15, 0.2) is 27.2 Å². The average Bonchev–Trinajstić information content (AvgIpc) is 2.82. The molecule has 0 radical (unpaired) electrons. The summed E-state index contributed by atoms with van der Waals surface area (Å²) < 4.78 is 12.3. The zero-order valence-electron chi connectivity index (χ0n) is 10.5. The van der Waals surface area contributed by atoms with Crippen LogP contribution < -0.4 is 5.73 Å². The second-order valence-electron chi connectivity index (χ2n) is 4.40. The van der Waals surface area contributed by atoms with Crippen LogP contribution in [0.1, 0.15) is 12.7 Å². The van der Waals surface area contributed by atoms with Gasteiger partial charge in [0.15, 0.2) is 5.82 Å². The van der Waals surface area contributed by atoms with Crippen LogP contribution in [0.25, 0.3) is 11.5 Å². The zero-order valence-corrected chi connectivity index (χ0v) is 14.2. The third-order valence-electron chi connectivity index (χ3n) is 2.54. The predicted octanol–water partition coefficient (Wildman–Crippen LogP) is 2.92. The molecule has 2 aromatic rings. The van der Waals surface area contributed by atoms with Crippen molar-refractivity contribution in [3.05, 3.63) is 32.1 Å². The van der Waals surface area contributed by atoms with Crippen molar-refractivity contribution in [1.29, 1.82) is 0 Å². The van der Waals surface area contributed by atoms with Crippen LogP contribution in [0.2, 0.25) is 0 Å². The van der Waals surface area contributed by atoms with Gasteiger partial charge in [0, 0.05) is 15.2 Å². The van der Waals surface area contributed by atoms with Gasteiger partial charge in [0.05, 0.1) is 12.2 Å². The summed E-state index contributed by atoms with van der Waals surface area (Å²) >= 11 is 5.65. The topological polar surface area (TPSA) is 74.2 Å². The van der Waals surface area contributed by atoms with Crippen LogP contribution in [0, 0.1) is 3.57 Å². The first kappa shape index (κ1) is 14.9. The normalized spacial score (nSPS) is 14.4. The third-order valence-corrected chi connectivity index (χ3v) is 3.97. The first-order valence-electron chi connectivity index (χ1n) is 5.51. The highest BCUT2D eigenvalue weighted by Crippen LogP contribution is 2.28. The molecule has 0 aliphatic carbocycles. The molecule has 0 bridgehead atoms. The summed E-state index contributed by atoms with van der Waals surface area (Å²) in [6.45, 7) is 2.12. The number of ether oxygens (including phenoxy) is 1. The van der Waals surface area contributed by atoms with Gasteiger partial charge in [0.2, 0.25) is 0 Å². The zero-order chi connectivity index (χ0) is 14.0. The number of nitrogens with zero attached hydrogens (tertiary/aromatic N) is 2. The van der Waals surface area contributed by atoms with E-state index in [-0.39, 0.29) is 0 Å². The van der Waals surface area contributed by atoms with Crippen molar-refractivity contribution in [3.8, 4) is 11.5 Å². The van der Waals surface area contributed by atoms with E-state index in [0.717, 1.165) is 13.6 Å². The van der Waals surface area contributed by atoms with E-state index in [9.17, 15) is 0 Å². The van der Waals surface area contributed by atoms with Gasteiger partial charge in [-0.15, -0.1) is 0 Å². The van der Waals surface area contributed by atoms with Crippen molar-refractivity contribution in [3.63, 3.8) is 0 Å². The maximum absolute atomic E-state index is 6.09. The highest BCUT2D eigenvalue weighted by molar-refractivity contribution is 14.1. The van der Waals surface area contributed by atoms with Crippen LogP contribution in [-0.4, -0.2) is 23.9 Å². The van der Waals surface area contributed by atoms with Crippen LogP contribution in [0.4, 0.5) is 0 Å². The van der Waals surface area contributed by atoms with Gasteiger partial charge >= 0.3 is 0 Å². The lowest BCUT2D eigenvalue weighted by Gasteiger charge is -2.18. The number of hydrogen-bond acceptors (Lipinski definition) is 5. The molecule has 0 aliphatic rings. The van der Waals surface area contributed by atoms with Crippen molar-refractivity contribution in [2.24, 2.45) is 5.73 Å². The molecule has 2 rings (SSSR count). The number of hydrogen-bond donors (Lipinski definition) is 1. The van der Waals surface area contributed by atoms with E-state index >= 15 is 0 Å². The SMILES string of the molecule is COCC(C)(N)c1noc(-c2cc(Br)ccc2I)n1. The Hall–Kier alpha value is -0.510. The highest BCUT2D eigenvalue weighted by atomic mass is 127. The largest absolute Gasteiger partial charge is 0.382 e.